The van der Waals surface area contributed by atoms with E-state index in [1.165, 1.54) is 11.8 Å². The molecule has 0 unspecified atom stereocenters. The van der Waals surface area contributed by atoms with Crippen molar-refractivity contribution < 1.29 is 9.53 Å². The van der Waals surface area contributed by atoms with Crippen LogP contribution >= 0.6 is 11.8 Å². The van der Waals surface area contributed by atoms with Gasteiger partial charge in [-0.2, -0.15) is 4.68 Å². The van der Waals surface area contributed by atoms with Crippen LogP contribution in [0, 0.1) is 0 Å². The van der Waals surface area contributed by atoms with Gasteiger partial charge in [-0.1, -0.05) is 48.2 Å². The molecule has 7 nitrogen and oxygen atoms in total. The van der Waals surface area contributed by atoms with E-state index in [0.29, 0.717) is 23.1 Å². The lowest BCUT2D eigenvalue weighted by molar-refractivity contribution is -0.116. The molecular weight excluding hydrogens is 362 g/mol. The molecule has 0 bridgehead atoms. The molecule has 0 atom stereocenters. The second-order valence-electron chi connectivity index (χ2n) is 5.46. The minimum atomic E-state index is -0.0549. The molecule has 0 spiro atoms. The molecule has 0 saturated heterocycles. The average Bonchev–Trinajstić information content (AvgIpc) is 3.19. The van der Waals surface area contributed by atoms with E-state index in [0.717, 1.165) is 5.69 Å². The van der Waals surface area contributed by atoms with Crippen LogP contribution in [-0.2, 0) is 4.79 Å². The molecule has 0 aliphatic rings. The lowest BCUT2D eigenvalue weighted by atomic mass is 10.3. The maximum atomic E-state index is 12.8. The Hall–Kier alpha value is -3.13. The normalized spacial score (nSPS) is 10.4. The van der Waals surface area contributed by atoms with Crippen LogP contribution in [-0.4, -0.2) is 45.5 Å². The zero-order valence-corrected chi connectivity index (χ0v) is 15.7. The van der Waals surface area contributed by atoms with Gasteiger partial charge < -0.3 is 9.64 Å². The standard InChI is InChI=1S/C19H19N5O2S/c1-3-13-23(15-9-5-4-6-10-15)18(25)14-27-19-20-21-22-24(19)16-11-7-8-12-17(16)26-2/h3-12H,1,13-14H2,2H3. The van der Waals surface area contributed by atoms with E-state index in [9.17, 15) is 4.79 Å². The number of hydrogen-bond donors (Lipinski definition) is 0. The summed E-state index contributed by atoms with van der Waals surface area (Å²) in [7, 11) is 1.59. The van der Waals surface area contributed by atoms with Crippen LogP contribution < -0.4 is 9.64 Å². The number of carbonyl (C=O) groups is 1. The van der Waals surface area contributed by atoms with Gasteiger partial charge in [-0.25, -0.2) is 0 Å². The minimum Gasteiger partial charge on any atom is -0.494 e. The molecule has 3 aromatic rings. The van der Waals surface area contributed by atoms with Gasteiger partial charge in [0.05, 0.1) is 12.9 Å². The third-order valence-corrected chi connectivity index (χ3v) is 4.66. The molecule has 1 heterocycles. The number of tetrazole rings is 1. The Kier molecular flexibility index (Phi) is 6.22. The molecule has 0 saturated carbocycles. The molecule has 3 rings (SSSR count). The van der Waals surface area contributed by atoms with Crippen molar-refractivity contribution in [1.29, 1.82) is 0 Å². The Morgan fingerprint density at radius 3 is 2.70 bits per heavy atom. The number of aromatic nitrogens is 4. The SMILES string of the molecule is C=CCN(C(=O)CSc1nnnn1-c1ccccc1OC)c1ccccc1. The highest BCUT2D eigenvalue weighted by Gasteiger charge is 2.18. The fraction of sp³-hybridized carbons (Fsp3) is 0.158. The van der Waals surface area contributed by atoms with Gasteiger partial charge in [-0.3, -0.25) is 4.79 Å². The Morgan fingerprint density at radius 1 is 1.22 bits per heavy atom. The molecule has 0 fully saturated rings. The van der Waals surface area contributed by atoms with Gasteiger partial charge in [0.15, 0.2) is 0 Å². The number of anilines is 1. The second-order valence-corrected chi connectivity index (χ2v) is 6.40. The Balaban J connectivity index is 1.76. The molecule has 138 valence electrons. The highest BCUT2D eigenvalue weighted by molar-refractivity contribution is 7.99. The summed E-state index contributed by atoms with van der Waals surface area (Å²) in [5, 5.41) is 12.3. The molecule has 0 aliphatic carbocycles. The number of thioether (sulfide) groups is 1. The maximum absolute atomic E-state index is 12.8. The number of benzene rings is 2. The minimum absolute atomic E-state index is 0.0549. The largest absolute Gasteiger partial charge is 0.494 e. The first-order valence-electron chi connectivity index (χ1n) is 8.25. The van der Waals surface area contributed by atoms with Crippen molar-refractivity contribution in [2.75, 3.05) is 24.3 Å². The monoisotopic (exact) mass is 381 g/mol. The summed E-state index contributed by atoms with van der Waals surface area (Å²) >= 11 is 1.27. The van der Waals surface area contributed by atoms with Crippen molar-refractivity contribution in [1.82, 2.24) is 20.2 Å². The van der Waals surface area contributed by atoms with Crippen LogP contribution in [0.5, 0.6) is 5.75 Å². The first-order chi connectivity index (χ1) is 13.2. The number of methoxy groups -OCH3 is 1. The van der Waals surface area contributed by atoms with Crippen molar-refractivity contribution in [3.05, 3.63) is 67.3 Å². The molecule has 1 aromatic heterocycles. The summed E-state index contributed by atoms with van der Waals surface area (Å²) in [6, 6.07) is 16.9. The van der Waals surface area contributed by atoms with E-state index in [-0.39, 0.29) is 11.7 Å². The summed E-state index contributed by atoms with van der Waals surface area (Å²) in [6.45, 7) is 4.17. The first kappa shape index (κ1) is 18.7. The van der Waals surface area contributed by atoms with Crippen LogP contribution in [0.4, 0.5) is 5.69 Å². The predicted octanol–water partition coefficient (Wildman–Crippen LogP) is 2.98. The Labute approximate surface area is 161 Å². The van der Waals surface area contributed by atoms with Crippen molar-refractivity contribution >= 4 is 23.4 Å². The maximum Gasteiger partial charge on any atom is 0.237 e. The first-order valence-corrected chi connectivity index (χ1v) is 9.24. The van der Waals surface area contributed by atoms with Gasteiger partial charge in [0.1, 0.15) is 11.4 Å². The quantitative estimate of drug-likeness (QED) is 0.441. The number of hydrogen-bond acceptors (Lipinski definition) is 6. The van der Waals surface area contributed by atoms with Crippen LogP contribution in [0.2, 0.25) is 0 Å². The Bertz CT molecular complexity index is 913. The van der Waals surface area contributed by atoms with E-state index in [4.69, 9.17) is 4.74 Å². The Morgan fingerprint density at radius 2 is 1.96 bits per heavy atom. The van der Waals surface area contributed by atoms with Gasteiger partial charge in [0.2, 0.25) is 11.1 Å². The van der Waals surface area contributed by atoms with Crippen molar-refractivity contribution in [2.24, 2.45) is 0 Å². The highest BCUT2D eigenvalue weighted by Crippen LogP contribution is 2.26. The molecule has 2 aromatic carbocycles. The number of amides is 1. The van der Waals surface area contributed by atoms with E-state index in [2.05, 4.69) is 22.1 Å². The van der Waals surface area contributed by atoms with E-state index in [1.807, 2.05) is 54.6 Å². The summed E-state index contributed by atoms with van der Waals surface area (Å²) in [4.78, 5) is 14.4. The van der Waals surface area contributed by atoms with Crippen LogP contribution in [0.15, 0.2) is 72.4 Å². The zero-order chi connectivity index (χ0) is 19.1. The smallest absolute Gasteiger partial charge is 0.237 e. The van der Waals surface area contributed by atoms with Crippen molar-refractivity contribution in [2.45, 2.75) is 5.16 Å². The predicted molar refractivity (Wildman–Crippen MR) is 105 cm³/mol. The number of para-hydroxylation sites is 3. The van der Waals surface area contributed by atoms with E-state index < -0.39 is 0 Å². The highest BCUT2D eigenvalue weighted by atomic mass is 32.2. The van der Waals surface area contributed by atoms with Crippen LogP contribution in [0.1, 0.15) is 0 Å². The number of nitrogens with zero attached hydrogens (tertiary/aromatic N) is 5. The third kappa shape index (κ3) is 4.35. The third-order valence-electron chi connectivity index (χ3n) is 3.76. The summed E-state index contributed by atoms with van der Waals surface area (Å²) in [6.07, 6.45) is 1.70. The van der Waals surface area contributed by atoms with Gasteiger partial charge in [0.25, 0.3) is 0 Å². The molecule has 1 amide bonds. The molecule has 8 heteroatoms. The fourth-order valence-corrected chi connectivity index (χ4v) is 3.28. The second kappa shape index (κ2) is 9.00. The average molecular weight is 381 g/mol. The van der Waals surface area contributed by atoms with Gasteiger partial charge in [0, 0.05) is 12.2 Å². The summed E-state index contributed by atoms with van der Waals surface area (Å²) in [5.41, 5.74) is 1.54. The lowest BCUT2D eigenvalue weighted by Crippen LogP contribution is -2.32. The van der Waals surface area contributed by atoms with Gasteiger partial charge in [-0.05, 0) is 34.7 Å². The van der Waals surface area contributed by atoms with E-state index >= 15 is 0 Å². The number of carbonyl (C=O) groups excluding carboxylic acids is 1. The molecule has 0 N–H and O–H groups in total. The van der Waals surface area contributed by atoms with Crippen LogP contribution in [0.25, 0.3) is 5.69 Å². The van der Waals surface area contributed by atoms with Gasteiger partial charge in [-0.15, -0.1) is 11.7 Å². The van der Waals surface area contributed by atoms with Gasteiger partial charge >= 0.3 is 0 Å². The molecule has 0 radical (unpaired) electrons. The molecular formula is C19H19N5O2S. The van der Waals surface area contributed by atoms with Crippen LogP contribution in [0.3, 0.4) is 0 Å². The van der Waals surface area contributed by atoms with E-state index in [1.54, 1.807) is 22.8 Å². The van der Waals surface area contributed by atoms with Crippen molar-refractivity contribution in [3.8, 4) is 11.4 Å². The molecule has 27 heavy (non-hydrogen) atoms. The topological polar surface area (TPSA) is 73.1 Å². The van der Waals surface area contributed by atoms with Crippen molar-refractivity contribution in [3.63, 3.8) is 0 Å². The summed E-state index contributed by atoms with van der Waals surface area (Å²) < 4.78 is 6.93. The number of rotatable bonds is 8. The lowest BCUT2D eigenvalue weighted by Gasteiger charge is -2.21. The molecule has 0 aliphatic heterocycles. The zero-order valence-electron chi connectivity index (χ0n) is 14.9. The number of ether oxygens (including phenoxy) is 1. The summed E-state index contributed by atoms with van der Waals surface area (Å²) in [5.74, 6) is 0.786. The fourth-order valence-electron chi connectivity index (χ4n) is 2.52.